The first-order valence-corrected chi connectivity index (χ1v) is 14.3. The number of rotatable bonds is 7. The smallest absolute Gasteiger partial charge is 0.0599 e. The Kier molecular flexibility index (Phi) is 6.83. The SMILES string of the molecule is CCC1(CC)C2CCC3=C(CC[C@@]4(C)C3=CC[C@@H]4[C@H](C)CCCC(C)C)[C@@]2(C)CC[C@H]1O. The summed E-state index contributed by atoms with van der Waals surface area (Å²) in [5.41, 5.74) is 6.21. The second kappa shape index (κ2) is 8.90. The Labute approximate surface area is 199 Å². The van der Waals surface area contributed by atoms with Crippen LogP contribution >= 0.6 is 0 Å². The summed E-state index contributed by atoms with van der Waals surface area (Å²) in [5.74, 6) is 3.16. The third kappa shape index (κ3) is 3.59. The molecule has 182 valence electrons. The predicted molar refractivity (Wildman–Crippen MR) is 137 cm³/mol. The van der Waals surface area contributed by atoms with Gasteiger partial charge < -0.3 is 5.11 Å². The van der Waals surface area contributed by atoms with Crippen molar-refractivity contribution in [1.29, 1.82) is 0 Å². The lowest BCUT2D eigenvalue weighted by atomic mass is 9.44. The molecule has 0 radical (unpaired) electrons. The summed E-state index contributed by atoms with van der Waals surface area (Å²) < 4.78 is 0. The highest BCUT2D eigenvalue weighted by Gasteiger charge is 2.59. The van der Waals surface area contributed by atoms with Crippen LogP contribution in [0.4, 0.5) is 0 Å². The quantitative estimate of drug-likeness (QED) is 0.419. The number of fused-ring (bicyclic) bond motifs is 4. The van der Waals surface area contributed by atoms with Crippen molar-refractivity contribution in [2.75, 3.05) is 0 Å². The number of hydrogen-bond donors (Lipinski definition) is 1. The van der Waals surface area contributed by atoms with Crippen LogP contribution in [0.15, 0.2) is 22.8 Å². The molecule has 32 heavy (non-hydrogen) atoms. The first-order valence-electron chi connectivity index (χ1n) is 14.3. The molecule has 4 aliphatic carbocycles. The van der Waals surface area contributed by atoms with E-state index in [2.05, 4.69) is 54.5 Å². The van der Waals surface area contributed by atoms with Crippen LogP contribution in [0.2, 0.25) is 0 Å². The van der Waals surface area contributed by atoms with E-state index in [4.69, 9.17) is 0 Å². The highest BCUT2D eigenvalue weighted by atomic mass is 16.3. The Morgan fingerprint density at radius 1 is 0.969 bits per heavy atom. The van der Waals surface area contributed by atoms with Gasteiger partial charge in [0.15, 0.2) is 0 Å². The minimum absolute atomic E-state index is 0.103. The van der Waals surface area contributed by atoms with Gasteiger partial charge in [-0.1, -0.05) is 79.4 Å². The van der Waals surface area contributed by atoms with Gasteiger partial charge in [-0.15, -0.1) is 0 Å². The van der Waals surface area contributed by atoms with Gasteiger partial charge in [-0.05, 0) is 109 Å². The van der Waals surface area contributed by atoms with Crippen LogP contribution in [0.3, 0.4) is 0 Å². The van der Waals surface area contributed by atoms with E-state index in [-0.39, 0.29) is 11.5 Å². The maximum atomic E-state index is 11.1. The van der Waals surface area contributed by atoms with Crippen LogP contribution in [-0.2, 0) is 0 Å². The third-order valence-electron chi connectivity index (χ3n) is 11.5. The summed E-state index contributed by atoms with van der Waals surface area (Å²) in [7, 11) is 0. The zero-order chi connectivity index (χ0) is 23.3. The minimum atomic E-state index is -0.103. The summed E-state index contributed by atoms with van der Waals surface area (Å²) in [6.07, 6.45) is 17.7. The number of allylic oxidation sites excluding steroid dienone is 4. The van der Waals surface area contributed by atoms with Gasteiger partial charge in [-0.2, -0.15) is 0 Å². The highest BCUT2D eigenvalue weighted by Crippen LogP contribution is 2.67. The molecule has 4 rings (SSSR count). The number of hydrogen-bond acceptors (Lipinski definition) is 1. The van der Waals surface area contributed by atoms with Gasteiger partial charge in [0.1, 0.15) is 0 Å². The van der Waals surface area contributed by atoms with Gasteiger partial charge >= 0.3 is 0 Å². The fourth-order valence-corrected chi connectivity index (χ4v) is 9.48. The van der Waals surface area contributed by atoms with E-state index in [9.17, 15) is 5.11 Å². The molecule has 0 bridgehead atoms. The van der Waals surface area contributed by atoms with Crippen LogP contribution in [-0.4, -0.2) is 11.2 Å². The monoisotopic (exact) mass is 440 g/mol. The third-order valence-corrected chi connectivity index (χ3v) is 11.5. The van der Waals surface area contributed by atoms with Crippen molar-refractivity contribution in [3.05, 3.63) is 22.8 Å². The molecule has 0 spiro atoms. The molecule has 0 amide bonds. The molecule has 6 atom stereocenters. The summed E-state index contributed by atoms with van der Waals surface area (Å²) >= 11 is 0. The molecule has 1 heteroatoms. The number of aliphatic hydroxyl groups excluding tert-OH is 1. The van der Waals surface area contributed by atoms with Gasteiger partial charge in [0.25, 0.3) is 0 Å². The second-order valence-electron chi connectivity index (χ2n) is 13.1. The number of aliphatic hydroxyl groups is 1. The van der Waals surface area contributed by atoms with E-state index in [1.54, 1.807) is 11.1 Å². The Morgan fingerprint density at radius 3 is 2.34 bits per heavy atom. The molecule has 1 saturated carbocycles. The standard InChI is InChI=1S/C31H52O/c1-8-31(9-2)27-16-13-23-25-15-14-24(22(5)12-10-11-21(3)4)29(25,6)19-17-26(23)30(27,7)20-18-28(31)32/h15,21-22,24,27-28,32H,8-14,16-20H2,1-7H3/t22-,24-,27?,28-,29-,30-/m1/s1. The van der Waals surface area contributed by atoms with Gasteiger partial charge in [-0.3, -0.25) is 0 Å². The van der Waals surface area contributed by atoms with E-state index in [0.717, 1.165) is 37.0 Å². The van der Waals surface area contributed by atoms with Crippen molar-refractivity contribution in [3.8, 4) is 0 Å². The van der Waals surface area contributed by atoms with Crippen LogP contribution in [0.5, 0.6) is 0 Å². The van der Waals surface area contributed by atoms with Gasteiger partial charge in [-0.25, -0.2) is 0 Å². The first kappa shape index (κ1) is 24.6. The van der Waals surface area contributed by atoms with E-state index < -0.39 is 0 Å². The maximum Gasteiger partial charge on any atom is 0.0599 e. The van der Waals surface area contributed by atoms with Gasteiger partial charge in [0.2, 0.25) is 0 Å². The summed E-state index contributed by atoms with van der Waals surface area (Å²) in [6.45, 7) is 17.2. The topological polar surface area (TPSA) is 20.2 Å². The second-order valence-corrected chi connectivity index (χ2v) is 13.1. The van der Waals surface area contributed by atoms with Crippen LogP contribution in [0, 0.1) is 39.9 Å². The molecule has 1 nitrogen and oxygen atoms in total. The molecular weight excluding hydrogens is 388 g/mol. The Hall–Kier alpha value is -0.560. The lowest BCUT2D eigenvalue weighted by Crippen LogP contribution is -2.55. The molecule has 1 unspecified atom stereocenters. The van der Waals surface area contributed by atoms with Crippen molar-refractivity contribution in [1.82, 2.24) is 0 Å². The summed E-state index contributed by atoms with van der Waals surface area (Å²) in [4.78, 5) is 0. The van der Waals surface area contributed by atoms with Crippen LogP contribution in [0.1, 0.15) is 126 Å². The van der Waals surface area contributed by atoms with Crippen molar-refractivity contribution >= 4 is 0 Å². The normalized spacial score (nSPS) is 39.4. The van der Waals surface area contributed by atoms with E-state index in [1.807, 2.05) is 5.57 Å². The largest absolute Gasteiger partial charge is 0.393 e. The molecule has 0 aromatic carbocycles. The lowest BCUT2D eigenvalue weighted by Gasteiger charge is -2.61. The van der Waals surface area contributed by atoms with Crippen molar-refractivity contribution in [3.63, 3.8) is 0 Å². The summed E-state index contributed by atoms with van der Waals surface area (Å²) in [5, 5.41) is 11.1. The average Bonchev–Trinajstić information content (AvgIpc) is 3.11. The van der Waals surface area contributed by atoms with Crippen LogP contribution < -0.4 is 0 Å². The van der Waals surface area contributed by atoms with Gasteiger partial charge in [0, 0.05) is 0 Å². The van der Waals surface area contributed by atoms with Crippen molar-refractivity contribution < 1.29 is 5.11 Å². The minimum Gasteiger partial charge on any atom is -0.393 e. The van der Waals surface area contributed by atoms with E-state index >= 15 is 0 Å². The molecular formula is C31H52O. The van der Waals surface area contributed by atoms with E-state index in [0.29, 0.717) is 16.7 Å². The fraction of sp³-hybridized carbons (Fsp3) is 0.871. The molecule has 0 aromatic rings. The molecule has 0 saturated heterocycles. The van der Waals surface area contributed by atoms with Crippen LogP contribution in [0.25, 0.3) is 0 Å². The molecule has 0 aliphatic heterocycles. The first-order chi connectivity index (χ1) is 15.1. The maximum absolute atomic E-state index is 11.1. The zero-order valence-electron chi connectivity index (χ0n) is 22.4. The fourth-order valence-electron chi connectivity index (χ4n) is 9.48. The summed E-state index contributed by atoms with van der Waals surface area (Å²) in [6, 6.07) is 0. The zero-order valence-corrected chi connectivity index (χ0v) is 22.4. The molecule has 1 N–H and O–H groups in total. The molecule has 4 aliphatic rings. The Bertz CT molecular complexity index is 752. The Morgan fingerprint density at radius 2 is 1.69 bits per heavy atom. The van der Waals surface area contributed by atoms with Crippen molar-refractivity contribution in [2.45, 2.75) is 132 Å². The molecule has 0 aromatic heterocycles. The highest BCUT2D eigenvalue weighted by molar-refractivity contribution is 5.50. The Balaban J connectivity index is 1.60. The van der Waals surface area contributed by atoms with E-state index in [1.165, 1.54) is 57.8 Å². The van der Waals surface area contributed by atoms with Gasteiger partial charge in [0.05, 0.1) is 6.10 Å². The lowest BCUT2D eigenvalue weighted by molar-refractivity contribution is -0.116. The predicted octanol–water partition coefficient (Wildman–Crippen LogP) is 8.87. The molecule has 1 fully saturated rings. The molecule has 0 heterocycles. The van der Waals surface area contributed by atoms with Crippen molar-refractivity contribution in [2.24, 2.45) is 39.9 Å². The average molecular weight is 441 g/mol.